The highest BCUT2D eigenvalue weighted by molar-refractivity contribution is 5.78. The van der Waals surface area contributed by atoms with E-state index in [-0.39, 0.29) is 5.82 Å². The third-order valence-corrected chi connectivity index (χ3v) is 5.70. The van der Waals surface area contributed by atoms with Crippen LogP contribution < -0.4 is 10.6 Å². The number of piperazine rings is 1. The number of nitrogens with zero attached hydrogens (tertiary/aromatic N) is 4. The molecule has 0 radical (unpaired) electrons. The van der Waals surface area contributed by atoms with Crippen molar-refractivity contribution in [3.63, 3.8) is 0 Å². The number of hydrogen-bond donors (Lipinski definition) is 2. The number of rotatable bonds is 6. The molecule has 2 atom stereocenters. The number of hydrogen-bond acceptors (Lipinski definition) is 5. The van der Waals surface area contributed by atoms with E-state index >= 15 is 0 Å². The molecule has 1 aliphatic rings. The molecule has 4 rings (SSSR count). The van der Waals surface area contributed by atoms with Gasteiger partial charge in [-0.2, -0.15) is 5.10 Å². The van der Waals surface area contributed by atoms with E-state index in [1.807, 2.05) is 24.4 Å². The molecule has 3 heterocycles. The van der Waals surface area contributed by atoms with Crippen molar-refractivity contribution in [2.75, 3.05) is 31.5 Å². The van der Waals surface area contributed by atoms with Crippen LogP contribution in [0.25, 0.3) is 16.8 Å². The summed E-state index contributed by atoms with van der Waals surface area (Å²) in [5, 5.41) is 11.3. The molecular formula is C22H29FN6. The Bertz CT molecular complexity index is 985. The highest BCUT2D eigenvalue weighted by Crippen LogP contribution is 2.28. The van der Waals surface area contributed by atoms with Crippen LogP contribution >= 0.6 is 0 Å². The summed E-state index contributed by atoms with van der Waals surface area (Å²) in [5.74, 6) is 0.529. The summed E-state index contributed by atoms with van der Waals surface area (Å²) in [6.07, 6.45) is 4.41. The van der Waals surface area contributed by atoms with E-state index in [1.54, 1.807) is 10.7 Å². The molecule has 3 aromatic rings. The maximum absolute atomic E-state index is 14.5. The molecule has 0 aliphatic carbocycles. The van der Waals surface area contributed by atoms with E-state index < -0.39 is 0 Å². The summed E-state index contributed by atoms with van der Waals surface area (Å²) < 4.78 is 16.2. The number of aryl methyl sites for hydroxylation is 1. The van der Waals surface area contributed by atoms with Gasteiger partial charge in [-0.05, 0) is 44.0 Å². The van der Waals surface area contributed by atoms with Crippen LogP contribution in [0.2, 0.25) is 0 Å². The number of halogens is 1. The number of fused-ring (bicyclic) bond motifs is 1. The van der Waals surface area contributed by atoms with Crippen molar-refractivity contribution in [2.24, 2.45) is 0 Å². The molecule has 0 spiro atoms. The lowest BCUT2D eigenvalue weighted by molar-refractivity contribution is 0.152. The van der Waals surface area contributed by atoms with Gasteiger partial charge in [0, 0.05) is 55.6 Å². The van der Waals surface area contributed by atoms with E-state index in [4.69, 9.17) is 4.98 Å². The first kappa shape index (κ1) is 19.8. The van der Waals surface area contributed by atoms with E-state index in [0.717, 1.165) is 44.0 Å². The van der Waals surface area contributed by atoms with Crippen LogP contribution in [-0.4, -0.2) is 57.8 Å². The fourth-order valence-electron chi connectivity index (χ4n) is 3.89. The summed E-state index contributed by atoms with van der Waals surface area (Å²) in [4.78, 5) is 7.21. The van der Waals surface area contributed by atoms with Crippen molar-refractivity contribution in [2.45, 2.75) is 39.3 Å². The molecule has 0 amide bonds. The molecule has 7 heteroatoms. The number of nitrogens with one attached hydrogen (secondary N) is 2. The zero-order chi connectivity index (χ0) is 20.4. The Labute approximate surface area is 171 Å². The van der Waals surface area contributed by atoms with Gasteiger partial charge in [0.15, 0.2) is 5.65 Å². The molecule has 2 unspecified atom stereocenters. The summed E-state index contributed by atoms with van der Waals surface area (Å²) in [6.45, 7) is 10.4. The van der Waals surface area contributed by atoms with E-state index in [1.165, 1.54) is 6.07 Å². The van der Waals surface area contributed by atoms with E-state index in [9.17, 15) is 4.39 Å². The van der Waals surface area contributed by atoms with Crippen LogP contribution in [0, 0.1) is 5.82 Å². The minimum atomic E-state index is -0.251. The Morgan fingerprint density at radius 2 is 2.10 bits per heavy atom. The molecule has 0 saturated carbocycles. The second kappa shape index (κ2) is 8.47. The van der Waals surface area contributed by atoms with Gasteiger partial charge < -0.3 is 10.6 Å². The minimum absolute atomic E-state index is 0.251. The third kappa shape index (κ3) is 4.26. The van der Waals surface area contributed by atoms with Crippen LogP contribution in [0.5, 0.6) is 0 Å². The molecule has 1 saturated heterocycles. The predicted octanol–water partition coefficient (Wildman–Crippen LogP) is 3.19. The van der Waals surface area contributed by atoms with Crippen molar-refractivity contribution in [3.8, 4) is 11.1 Å². The molecule has 29 heavy (non-hydrogen) atoms. The fourth-order valence-corrected chi connectivity index (χ4v) is 3.89. The van der Waals surface area contributed by atoms with Crippen molar-refractivity contribution >= 4 is 11.5 Å². The topological polar surface area (TPSA) is 57.5 Å². The van der Waals surface area contributed by atoms with Crippen LogP contribution in [0.1, 0.15) is 26.3 Å². The second-order valence-corrected chi connectivity index (χ2v) is 7.89. The lowest BCUT2D eigenvalue weighted by Gasteiger charge is -2.37. The largest absolute Gasteiger partial charge is 0.369 e. The third-order valence-electron chi connectivity index (χ3n) is 5.70. The molecule has 6 nitrogen and oxygen atoms in total. The van der Waals surface area contributed by atoms with Gasteiger partial charge in [0.25, 0.3) is 0 Å². The number of benzene rings is 1. The Balaban J connectivity index is 1.51. The van der Waals surface area contributed by atoms with Crippen molar-refractivity contribution in [1.82, 2.24) is 24.8 Å². The molecule has 154 valence electrons. The van der Waals surface area contributed by atoms with E-state index in [0.29, 0.717) is 28.9 Å². The van der Waals surface area contributed by atoms with Crippen molar-refractivity contribution in [1.29, 1.82) is 0 Å². The Hall–Kier alpha value is -2.51. The second-order valence-electron chi connectivity index (χ2n) is 7.89. The zero-order valence-corrected chi connectivity index (χ0v) is 17.3. The van der Waals surface area contributed by atoms with Gasteiger partial charge in [-0.15, -0.1) is 0 Å². The normalized spacial score (nSPS) is 20.3. The average Bonchev–Trinajstić information content (AvgIpc) is 3.14. The quantitative estimate of drug-likeness (QED) is 0.670. The lowest BCUT2D eigenvalue weighted by Crippen LogP contribution is -2.55. The first-order valence-electron chi connectivity index (χ1n) is 10.4. The van der Waals surface area contributed by atoms with Gasteiger partial charge >= 0.3 is 0 Å². The maximum atomic E-state index is 14.5. The molecule has 1 fully saturated rings. The highest BCUT2D eigenvalue weighted by atomic mass is 19.1. The zero-order valence-electron chi connectivity index (χ0n) is 17.3. The van der Waals surface area contributed by atoms with Gasteiger partial charge in [0.1, 0.15) is 11.6 Å². The fraction of sp³-hybridized carbons (Fsp3) is 0.455. The first-order valence-corrected chi connectivity index (χ1v) is 10.4. The summed E-state index contributed by atoms with van der Waals surface area (Å²) >= 11 is 0. The molecule has 1 aromatic carbocycles. The van der Waals surface area contributed by atoms with Crippen molar-refractivity contribution in [3.05, 3.63) is 48.0 Å². The molecule has 2 aromatic heterocycles. The van der Waals surface area contributed by atoms with Crippen LogP contribution in [0.3, 0.4) is 0 Å². The Morgan fingerprint density at radius 1 is 1.24 bits per heavy atom. The highest BCUT2D eigenvalue weighted by Gasteiger charge is 2.21. The van der Waals surface area contributed by atoms with Crippen LogP contribution in [0.15, 0.2) is 36.7 Å². The number of anilines is 1. The van der Waals surface area contributed by atoms with Crippen LogP contribution in [-0.2, 0) is 6.42 Å². The summed E-state index contributed by atoms with van der Waals surface area (Å²) in [6, 6.07) is 8.19. The van der Waals surface area contributed by atoms with Gasteiger partial charge in [0.2, 0.25) is 0 Å². The predicted molar refractivity (Wildman–Crippen MR) is 115 cm³/mol. The van der Waals surface area contributed by atoms with Gasteiger partial charge in [-0.25, -0.2) is 13.9 Å². The minimum Gasteiger partial charge on any atom is -0.369 e. The SMILES string of the molecule is CCc1ccc(F)c(-c2cnn3ccc(NCCN4CC(C)NCC4C)nc23)c1. The molecule has 0 bridgehead atoms. The number of aromatic nitrogens is 3. The molecular weight excluding hydrogens is 367 g/mol. The van der Waals surface area contributed by atoms with Crippen LogP contribution in [0.4, 0.5) is 10.2 Å². The Morgan fingerprint density at radius 3 is 2.93 bits per heavy atom. The first-order chi connectivity index (χ1) is 14.0. The standard InChI is InChI=1S/C22H29FN6/c1-4-17-5-6-20(23)18(11-17)19-13-26-29-9-7-21(27-22(19)29)24-8-10-28-14-15(2)25-12-16(28)3/h5-7,9,11,13,15-16,25H,4,8,10,12,14H2,1-3H3,(H,24,27). The molecule has 2 N–H and O–H groups in total. The van der Waals surface area contributed by atoms with Gasteiger partial charge in [0.05, 0.1) is 6.20 Å². The summed E-state index contributed by atoms with van der Waals surface area (Å²) in [5.41, 5.74) is 3.01. The van der Waals surface area contributed by atoms with Crippen molar-refractivity contribution < 1.29 is 4.39 Å². The van der Waals surface area contributed by atoms with Gasteiger partial charge in [-0.1, -0.05) is 13.0 Å². The maximum Gasteiger partial charge on any atom is 0.165 e. The Kier molecular flexibility index (Phi) is 5.78. The van der Waals surface area contributed by atoms with Gasteiger partial charge in [-0.3, -0.25) is 4.90 Å². The average molecular weight is 397 g/mol. The smallest absolute Gasteiger partial charge is 0.165 e. The lowest BCUT2D eigenvalue weighted by atomic mass is 10.0. The monoisotopic (exact) mass is 396 g/mol. The summed E-state index contributed by atoms with van der Waals surface area (Å²) in [7, 11) is 0. The van der Waals surface area contributed by atoms with E-state index in [2.05, 4.69) is 41.4 Å². The molecule has 1 aliphatic heterocycles.